The van der Waals surface area contributed by atoms with Gasteiger partial charge in [-0.25, -0.2) is 4.98 Å². The lowest BCUT2D eigenvalue weighted by molar-refractivity contribution is -0.137. The summed E-state index contributed by atoms with van der Waals surface area (Å²) in [7, 11) is 0. The van der Waals surface area contributed by atoms with Gasteiger partial charge in [-0.15, -0.1) is 0 Å². The smallest absolute Gasteiger partial charge is 0.394 e. The first-order valence-corrected chi connectivity index (χ1v) is 9.09. The molecule has 0 spiro atoms. The number of aliphatic hydroxyl groups excluding tert-OH is 1. The molecule has 2 N–H and O–H groups in total. The van der Waals surface area contributed by atoms with Crippen molar-refractivity contribution in [2.45, 2.75) is 31.5 Å². The maximum absolute atomic E-state index is 13.5. The van der Waals surface area contributed by atoms with E-state index in [-0.39, 0.29) is 18.4 Å². The summed E-state index contributed by atoms with van der Waals surface area (Å²) in [6, 6.07) is 4.30. The summed E-state index contributed by atoms with van der Waals surface area (Å²) in [4.78, 5) is 9.40. The van der Waals surface area contributed by atoms with Crippen LogP contribution in [0.1, 0.15) is 24.8 Å². The molecular formula is C17H17Cl2F3N4O. The van der Waals surface area contributed by atoms with Crippen molar-refractivity contribution in [3.63, 3.8) is 0 Å². The summed E-state index contributed by atoms with van der Waals surface area (Å²) in [5, 5.41) is 13.1. The molecule has 1 aromatic carbocycles. The summed E-state index contributed by atoms with van der Waals surface area (Å²) >= 11 is 11.8. The molecule has 1 atom stereocenters. The molecular weight excluding hydrogens is 404 g/mol. The minimum Gasteiger partial charge on any atom is -0.394 e. The molecule has 0 aliphatic carbocycles. The van der Waals surface area contributed by atoms with Gasteiger partial charge in [0, 0.05) is 18.4 Å². The number of hydrogen-bond acceptors (Lipinski definition) is 5. The Hall–Kier alpha value is -1.77. The first-order chi connectivity index (χ1) is 12.8. The molecule has 1 aliphatic heterocycles. The van der Waals surface area contributed by atoms with E-state index in [9.17, 15) is 18.3 Å². The molecule has 146 valence electrons. The van der Waals surface area contributed by atoms with Gasteiger partial charge in [-0.1, -0.05) is 23.2 Å². The minimum absolute atomic E-state index is 0.00125. The molecule has 5 nitrogen and oxygen atoms in total. The molecule has 1 unspecified atom stereocenters. The van der Waals surface area contributed by atoms with E-state index >= 15 is 0 Å². The Morgan fingerprint density at radius 3 is 2.67 bits per heavy atom. The highest BCUT2D eigenvalue weighted by atomic mass is 35.5. The second-order valence-electron chi connectivity index (χ2n) is 6.21. The van der Waals surface area contributed by atoms with Crippen LogP contribution < -0.4 is 10.2 Å². The third-order valence-corrected chi connectivity index (χ3v) is 5.10. The van der Waals surface area contributed by atoms with Crippen molar-refractivity contribution >= 4 is 40.7 Å². The van der Waals surface area contributed by atoms with Crippen molar-refractivity contribution in [1.82, 2.24) is 9.97 Å². The van der Waals surface area contributed by atoms with E-state index in [0.717, 1.165) is 19.0 Å². The number of anilines is 3. The number of benzene rings is 1. The SMILES string of the molecule is OCC1CCCCN1c1nc(Nc2ccc(Cl)c(Cl)c2)ncc1C(F)(F)F. The molecule has 0 radical (unpaired) electrons. The second-order valence-corrected chi connectivity index (χ2v) is 7.02. The molecule has 0 bridgehead atoms. The van der Waals surface area contributed by atoms with E-state index in [0.29, 0.717) is 28.7 Å². The Kier molecular flexibility index (Phi) is 5.98. The van der Waals surface area contributed by atoms with E-state index in [2.05, 4.69) is 15.3 Å². The molecule has 1 saturated heterocycles. The third-order valence-electron chi connectivity index (χ3n) is 4.36. The number of nitrogens with one attached hydrogen (secondary N) is 1. The maximum atomic E-state index is 13.5. The Labute approximate surface area is 164 Å². The van der Waals surface area contributed by atoms with Gasteiger partial charge in [0.2, 0.25) is 5.95 Å². The first kappa shape index (κ1) is 20.0. The molecule has 1 aliphatic rings. The molecule has 1 fully saturated rings. The summed E-state index contributed by atoms with van der Waals surface area (Å²) in [5.41, 5.74) is -0.435. The van der Waals surface area contributed by atoms with E-state index < -0.39 is 17.8 Å². The van der Waals surface area contributed by atoms with Crippen LogP contribution in [0.4, 0.5) is 30.6 Å². The third kappa shape index (κ3) is 4.56. The van der Waals surface area contributed by atoms with Gasteiger partial charge in [0.05, 0.1) is 22.7 Å². The fourth-order valence-electron chi connectivity index (χ4n) is 3.02. The summed E-state index contributed by atoms with van der Waals surface area (Å²) in [6.45, 7) is 0.147. The number of nitrogens with zero attached hydrogens (tertiary/aromatic N) is 3. The molecule has 2 aromatic rings. The maximum Gasteiger partial charge on any atom is 0.421 e. The number of alkyl halides is 3. The Bertz CT molecular complexity index is 819. The molecule has 0 amide bonds. The highest BCUT2D eigenvalue weighted by molar-refractivity contribution is 6.42. The lowest BCUT2D eigenvalue weighted by Gasteiger charge is -2.36. The van der Waals surface area contributed by atoms with Crippen LogP contribution in [0, 0.1) is 0 Å². The van der Waals surface area contributed by atoms with Crippen molar-refractivity contribution in [3.05, 3.63) is 40.0 Å². The van der Waals surface area contributed by atoms with Crippen molar-refractivity contribution in [1.29, 1.82) is 0 Å². The minimum atomic E-state index is -4.60. The predicted octanol–water partition coefficient (Wildman–Crippen LogP) is 4.90. The highest BCUT2D eigenvalue weighted by Crippen LogP contribution is 2.38. The van der Waals surface area contributed by atoms with E-state index in [4.69, 9.17) is 23.2 Å². The van der Waals surface area contributed by atoms with Gasteiger partial charge in [-0.2, -0.15) is 18.2 Å². The number of piperidine rings is 1. The topological polar surface area (TPSA) is 61.3 Å². The van der Waals surface area contributed by atoms with Crippen molar-refractivity contribution < 1.29 is 18.3 Å². The predicted molar refractivity (Wildman–Crippen MR) is 98.8 cm³/mol. The molecule has 1 aromatic heterocycles. The average Bonchev–Trinajstić information content (AvgIpc) is 2.64. The number of hydrogen-bond donors (Lipinski definition) is 2. The van der Waals surface area contributed by atoms with Gasteiger partial charge in [0.25, 0.3) is 0 Å². The number of aromatic nitrogens is 2. The van der Waals surface area contributed by atoms with Crippen LogP contribution in [-0.4, -0.2) is 34.3 Å². The Balaban J connectivity index is 1.98. The Morgan fingerprint density at radius 2 is 2.00 bits per heavy atom. The van der Waals surface area contributed by atoms with E-state index in [1.807, 2.05) is 0 Å². The summed E-state index contributed by atoms with van der Waals surface area (Å²) in [6.07, 6.45) is -1.66. The van der Waals surface area contributed by atoms with Crippen LogP contribution in [0.5, 0.6) is 0 Å². The fraction of sp³-hybridized carbons (Fsp3) is 0.412. The van der Waals surface area contributed by atoms with Crippen LogP contribution in [0.3, 0.4) is 0 Å². The van der Waals surface area contributed by atoms with Crippen LogP contribution in [0.2, 0.25) is 10.0 Å². The highest BCUT2D eigenvalue weighted by Gasteiger charge is 2.38. The quantitative estimate of drug-likeness (QED) is 0.736. The van der Waals surface area contributed by atoms with Crippen molar-refractivity contribution in [3.8, 4) is 0 Å². The molecule has 0 saturated carbocycles. The fourth-order valence-corrected chi connectivity index (χ4v) is 3.32. The van der Waals surface area contributed by atoms with Gasteiger partial charge in [-0.05, 0) is 37.5 Å². The molecule has 27 heavy (non-hydrogen) atoms. The van der Waals surface area contributed by atoms with Crippen LogP contribution in [0.25, 0.3) is 0 Å². The monoisotopic (exact) mass is 420 g/mol. The van der Waals surface area contributed by atoms with Gasteiger partial charge in [0.15, 0.2) is 0 Å². The lowest BCUT2D eigenvalue weighted by Crippen LogP contribution is -2.43. The second kappa shape index (κ2) is 8.08. The average molecular weight is 421 g/mol. The van der Waals surface area contributed by atoms with Crippen LogP contribution in [-0.2, 0) is 6.18 Å². The van der Waals surface area contributed by atoms with Crippen LogP contribution in [0.15, 0.2) is 24.4 Å². The zero-order valence-electron chi connectivity index (χ0n) is 14.1. The van der Waals surface area contributed by atoms with Gasteiger partial charge in [-0.3, -0.25) is 0 Å². The van der Waals surface area contributed by atoms with Gasteiger partial charge >= 0.3 is 6.18 Å². The normalized spacial score (nSPS) is 17.9. The molecule has 3 rings (SSSR count). The zero-order chi connectivity index (χ0) is 19.6. The van der Waals surface area contributed by atoms with Gasteiger partial charge < -0.3 is 15.3 Å². The first-order valence-electron chi connectivity index (χ1n) is 8.33. The standard InChI is InChI=1S/C17H17Cl2F3N4O/c18-13-5-4-10(7-14(13)19)24-16-23-8-12(17(20,21)22)15(25-16)26-6-2-1-3-11(26)9-27/h4-5,7-8,11,27H,1-3,6,9H2,(H,23,24,25). The zero-order valence-corrected chi connectivity index (χ0v) is 15.6. The lowest BCUT2D eigenvalue weighted by atomic mass is 10.0. The van der Waals surface area contributed by atoms with Crippen molar-refractivity contribution in [2.75, 3.05) is 23.4 Å². The van der Waals surface area contributed by atoms with E-state index in [1.54, 1.807) is 12.1 Å². The van der Waals surface area contributed by atoms with Crippen molar-refractivity contribution in [2.24, 2.45) is 0 Å². The summed E-state index contributed by atoms with van der Waals surface area (Å²) in [5.74, 6) is -0.238. The Morgan fingerprint density at radius 1 is 1.22 bits per heavy atom. The number of rotatable bonds is 4. The molecule has 2 heterocycles. The van der Waals surface area contributed by atoms with E-state index in [1.165, 1.54) is 11.0 Å². The number of halogens is 5. The largest absolute Gasteiger partial charge is 0.421 e. The van der Waals surface area contributed by atoms with Gasteiger partial charge in [0.1, 0.15) is 11.4 Å². The molecule has 10 heteroatoms. The van der Waals surface area contributed by atoms with Crippen LogP contribution >= 0.6 is 23.2 Å². The number of aliphatic hydroxyl groups is 1. The summed E-state index contributed by atoms with van der Waals surface area (Å²) < 4.78 is 40.4.